The molecule has 1 rings (SSSR count). The first-order chi connectivity index (χ1) is 7.44. The molecule has 1 heterocycles. The Bertz CT molecular complexity index is 488. The molecule has 0 aliphatic carbocycles. The third kappa shape index (κ3) is 2.50. The lowest BCUT2D eigenvalue weighted by Crippen LogP contribution is -2.25. The predicted octanol–water partition coefficient (Wildman–Crippen LogP) is 1.87. The number of thiophene rings is 1. The van der Waals surface area contributed by atoms with E-state index in [1.54, 1.807) is 13.8 Å². The minimum atomic E-state index is -3.55. The summed E-state index contributed by atoms with van der Waals surface area (Å²) in [5.74, 6) is 0. The number of rotatable bonds is 5. The van der Waals surface area contributed by atoms with Gasteiger partial charge in [0.2, 0.25) is 10.0 Å². The quantitative estimate of drug-likeness (QED) is 0.823. The van der Waals surface area contributed by atoms with E-state index in [1.165, 1.54) is 11.3 Å². The lowest BCUT2D eigenvalue weighted by atomic mass is 10.3. The van der Waals surface area contributed by atoms with E-state index < -0.39 is 10.0 Å². The van der Waals surface area contributed by atoms with E-state index in [0.717, 1.165) is 11.3 Å². The summed E-state index contributed by atoms with van der Waals surface area (Å²) in [7, 11) is -3.55. The Balaban J connectivity index is 3.26. The summed E-state index contributed by atoms with van der Waals surface area (Å²) in [5.41, 5.74) is 0.283. The molecule has 0 bridgehead atoms. The molecule has 0 unspecified atom stereocenters. The Hall–Kier alpha value is -0.720. The van der Waals surface area contributed by atoms with Crippen molar-refractivity contribution < 1.29 is 13.2 Å². The maximum Gasteiger partial charge on any atom is 0.242 e. The molecular formula is C10H15NO3S2. The number of aryl methyl sites for hydroxylation is 2. The first kappa shape index (κ1) is 13.3. The SMILES string of the molecule is CCCNS(=O)(=O)c1c(C)sc(C)c1C=O. The number of carbonyl (C=O) groups is 1. The van der Waals surface area contributed by atoms with Gasteiger partial charge in [-0.3, -0.25) is 4.79 Å². The van der Waals surface area contributed by atoms with Crippen LogP contribution in [-0.2, 0) is 10.0 Å². The molecule has 0 fully saturated rings. The number of hydrogen-bond donors (Lipinski definition) is 1. The lowest BCUT2D eigenvalue weighted by Gasteiger charge is -2.05. The van der Waals surface area contributed by atoms with E-state index >= 15 is 0 Å². The van der Waals surface area contributed by atoms with Crippen LogP contribution in [0.2, 0.25) is 0 Å². The molecule has 0 saturated carbocycles. The fourth-order valence-corrected chi connectivity index (χ4v) is 4.39. The molecule has 0 amide bonds. The maximum absolute atomic E-state index is 11.9. The second-order valence-electron chi connectivity index (χ2n) is 3.47. The first-order valence-electron chi connectivity index (χ1n) is 4.98. The first-order valence-corrected chi connectivity index (χ1v) is 7.28. The van der Waals surface area contributed by atoms with Gasteiger partial charge in [0.15, 0.2) is 6.29 Å². The zero-order valence-electron chi connectivity index (χ0n) is 9.53. The van der Waals surface area contributed by atoms with Crippen molar-refractivity contribution in [1.82, 2.24) is 4.72 Å². The average Bonchev–Trinajstić information content (AvgIpc) is 2.50. The van der Waals surface area contributed by atoms with E-state index in [4.69, 9.17) is 0 Å². The van der Waals surface area contributed by atoms with Crippen molar-refractivity contribution in [3.05, 3.63) is 15.3 Å². The van der Waals surface area contributed by atoms with Crippen LogP contribution in [0.5, 0.6) is 0 Å². The van der Waals surface area contributed by atoms with Crippen LogP contribution in [0.1, 0.15) is 33.5 Å². The molecule has 0 radical (unpaired) electrons. The second kappa shape index (κ2) is 5.07. The van der Waals surface area contributed by atoms with E-state index in [0.29, 0.717) is 17.7 Å². The minimum Gasteiger partial charge on any atom is -0.298 e. The number of aldehydes is 1. The molecule has 90 valence electrons. The van der Waals surface area contributed by atoms with Gasteiger partial charge in [-0.2, -0.15) is 0 Å². The third-order valence-corrected chi connectivity index (χ3v) is 4.99. The summed E-state index contributed by atoms with van der Waals surface area (Å²) in [6.07, 6.45) is 1.33. The largest absolute Gasteiger partial charge is 0.298 e. The average molecular weight is 261 g/mol. The Morgan fingerprint density at radius 2 is 1.94 bits per heavy atom. The van der Waals surface area contributed by atoms with Crippen LogP contribution < -0.4 is 4.72 Å². The molecular weight excluding hydrogens is 246 g/mol. The van der Waals surface area contributed by atoms with Gasteiger partial charge < -0.3 is 0 Å². The summed E-state index contributed by atoms with van der Waals surface area (Å²) in [4.78, 5) is 12.4. The number of sulfonamides is 1. The highest BCUT2D eigenvalue weighted by molar-refractivity contribution is 7.89. The van der Waals surface area contributed by atoms with Crippen LogP contribution in [0.3, 0.4) is 0 Å². The van der Waals surface area contributed by atoms with Gasteiger partial charge in [-0.1, -0.05) is 6.92 Å². The zero-order chi connectivity index (χ0) is 12.3. The molecule has 0 aliphatic heterocycles. The Morgan fingerprint density at radius 3 is 2.44 bits per heavy atom. The van der Waals surface area contributed by atoms with Gasteiger partial charge in [-0.15, -0.1) is 11.3 Å². The van der Waals surface area contributed by atoms with Crippen LogP contribution in [0.25, 0.3) is 0 Å². The van der Waals surface area contributed by atoms with Crippen LogP contribution in [0, 0.1) is 13.8 Å². The molecule has 1 N–H and O–H groups in total. The maximum atomic E-state index is 11.9. The highest BCUT2D eigenvalue weighted by Gasteiger charge is 2.24. The molecule has 0 atom stereocenters. The fraction of sp³-hybridized carbons (Fsp3) is 0.500. The summed E-state index contributed by atoms with van der Waals surface area (Å²) >= 11 is 1.33. The van der Waals surface area contributed by atoms with Crippen molar-refractivity contribution in [2.24, 2.45) is 0 Å². The molecule has 6 heteroatoms. The van der Waals surface area contributed by atoms with Gasteiger partial charge in [-0.05, 0) is 20.3 Å². The van der Waals surface area contributed by atoms with Gasteiger partial charge in [0.1, 0.15) is 4.90 Å². The van der Waals surface area contributed by atoms with Gasteiger partial charge in [-0.25, -0.2) is 13.1 Å². The van der Waals surface area contributed by atoms with E-state index in [-0.39, 0.29) is 10.5 Å². The van der Waals surface area contributed by atoms with Crippen LogP contribution >= 0.6 is 11.3 Å². The van der Waals surface area contributed by atoms with Gasteiger partial charge in [0.25, 0.3) is 0 Å². The van der Waals surface area contributed by atoms with Crippen LogP contribution in [0.4, 0.5) is 0 Å². The van der Waals surface area contributed by atoms with Crippen molar-refractivity contribution >= 4 is 27.6 Å². The summed E-state index contributed by atoms with van der Waals surface area (Å²) in [5, 5.41) is 0. The minimum absolute atomic E-state index is 0.137. The summed E-state index contributed by atoms with van der Waals surface area (Å²) < 4.78 is 26.4. The Labute approximate surface area is 99.7 Å². The van der Waals surface area contributed by atoms with Crippen molar-refractivity contribution in [2.75, 3.05) is 6.54 Å². The zero-order valence-corrected chi connectivity index (χ0v) is 11.2. The summed E-state index contributed by atoms with van der Waals surface area (Å²) in [6.45, 7) is 5.73. The highest BCUT2D eigenvalue weighted by Crippen LogP contribution is 2.29. The highest BCUT2D eigenvalue weighted by atomic mass is 32.2. The fourth-order valence-electron chi connectivity index (χ4n) is 1.46. The standard InChI is InChI=1S/C10H15NO3S2/c1-4-5-11-16(13,14)10-8(3)15-7(2)9(10)6-12/h6,11H,4-5H2,1-3H3. The monoisotopic (exact) mass is 261 g/mol. The van der Waals surface area contributed by atoms with Crippen molar-refractivity contribution in [1.29, 1.82) is 0 Å². The Morgan fingerprint density at radius 1 is 1.31 bits per heavy atom. The van der Waals surface area contributed by atoms with E-state index in [2.05, 4.69) is 4.72 Å². The molecule has 0 aliphatic rings. The van der Waals surface area contributed by atoms with Gasteiger partial charge in [0.05, 0.1) is 0 Å². The van der Waals surface area contributed by atoms with Gasteiger partial charge >= 0.3 is 0 Å². The van der Waals surface area contributed by atoms with E-state index in [9.17, 15) is 13.2 Å². The van der Waals surface area contributed by atoms with Crippen LogP contribution in [-0.4, -0.2) is 21.2 Å². The van der Waals surface area contributed by atoms with Crippen LogP contribution in [0.15, 0.2) is 4.90 Å². The van der Waals surface area contributed by atoms with Gasteiger partial charge in [0, 0.05) is 21.9 Å². The predicted molar refractivity (Wildman–Crippen MR) is 64.7 cm³/mol. The molecule has 16 heavy (non-hydrogen) atoms. The topological polar surface area (TPSA) is 63.2 Å². The van der Waals surface area contributed by atoms with Crippen molar-refractivity contribution in [3.8, 4) is 0 Å². The molecule has 0 saturated heterocycles. The lowest BCUT2D eigenvalue weighted by molar-refractivity contribution is 0.112. The molecule has 1 aromatic heterocycles. The smallest absolute Gasteiger partial charge is 0.242 e. The number of hydrogen-bond acceptors (Lipinski definition) is 4. The molecule has 0 aromatic carbocycles. The van der Waals surface area contributed by atoms with E-state index in [1.807, 2.05) is 6.92 Å². The summed E-state index contributed by atoms with van der Waals surface area (Å²) in [6, 6.07) is 0. The number of carbonyl (C=O) groups excluding carboxylic acids is 1. The molecule has 1 aromatic rings. The number of nitrogens with one attached hydrogen (secondary N) is 1. The molecule has 4 nitrogen and oxygen atoms in total. The third-order valence-electron chi connectivity index (χ3n) is 2.18. The second-order valence-corrected chi connectivity index (χ2v) is 6.61. The molecule has 0 spiro atoms. The Kier molecular flexibility index (Phi) is 4.23. The normalized spacial score (nSPS) is 11.7. The van der Waals surface area contributed by atoms with Crippen molar-refractivity contribution in [2.45, 2.75) is 32.1 Å². The van der Waals surface area contributed by atoms with Crippen molar-refractivity contribution in [3.63, 3.8) is 0 Å².